The largest absolute Gasteiger partial charge is 0.494 e. The van der Waals surface area contributed by atoms with Crippen LogP contribution in [0.5, 0.6) is 5.75 Å². The lowest BCUT2D eigenvalue weighted by molar-refractivity contribution is -0.121. The molecule has 0 spiro atoms. The highest BCUT2D eigenvalue weighted by Gasteiger charge is 2.17. The lowest BCUT2D eigenvalue weighted by Crippen LogP contribution is -2.27. The van der Waals surface area contributed by atoms with Crippen molar-refractivity contribution in [2.45, 2.75) is 46.5 Å². The van der Waals surface area contributed by atoms with Crippen LogP contribution in [-0.2, 0) is 4.79 Å². The molecule has 1 amide bonds. The minimum absolute atomic E-state index is 0.0889. The van der Waals surface area contributed by atoms with Crippen molar-refractivity contribution in [1.82, 2.24) is 5.32 Å². The maximum Gasteiger partial charge on any atom is 0.220 e. The van der Waals surface area contributed by atoms with Crippen molar-refractivity contribution in [3.63, 3.8) is 0 Å². The standard InChI is InChI=1S/C31H41N3O2.C4H10O/c1-23(2)22-32-30(35)8-7-21-36-29-19-13-26(14-20-29)31(24-9-15-27(16-10-24)33(3)4)25-11-17-28(18-12-25)34(5)6;1-4(2)3-5/h9-20,23,31H,7-8,21-22H2,1-6H3,(H,32,35);4-5H,3H2,1-2H3. The van der Waals surface area contributed by atoms with E-state index >= 15 is 0 Å². The van der Waals surface area contributed by atoms with Crippen LogP contribution in [-0.4, -0.2) is 59.0 Å². The van der Waals surface area contributed by atoms with Crippen LogP contribution in [0.15, 0.2) is 72.8 Å². The summed E-state index contributed by atoms with van der Waals surface area (Å²) >= 11 is 0. The number of nitrogens with zero attached hydrogens (tertiary/aromatic N) is 2. The Morgan fingerprint density at radius 3 is 1.51 bits per heavy atom. The van der Waals surface area contributed by atoms with E-state index in [0.29, 0.717) is 37.9 Å². The summed E-state index contributed by atoms with van der Waals surface area (Å²) in [6.45, 7) is 9.68. The maximum atomic E-state index is 11.9. The number of aliphatic hydroxyl groups is 1. The van der Waals surface area contributed by atoms with Crippen LogP contribution < -0.4 is 19.9 Å². The van der Waals surface area contributed by atoms with Crippen molar-refractivity contribution in [3.8, 4) is 5.75 Å². The molecule has 0 radical (unpaired) electrons. The molecular weight excluding hydrogens is 510 g/mol. The Labute approximate surface area is 248 Å². The molecule has 0 aliphatic heterocycles. The molecule has 6 nitrogen and oxygen atoms in total. The number of amides is 1. The van der Waals surface area contributed by atoms with Gasteiger partial charge in [-0.3, -0.25) is 4.79 Å². The Hall–Kier alpha value is -3.51. The number of nitrogens with one attached hydrogen (secondary N) is 1. The zero-order valence-electron chi connectivity index (χ0n) is 26.4. The van der Waals surface area contributed by atoms with E-state index in [2.05, 4.69) is 118 Å². The van der Waals surface area contributed by atoms with Crippen molar-refractivity contribution in [2.75, 3.05) is 57.7 Å². The van der Waals surface area contributed by atoms with Gasteiger partial charge in [-0.1, -0.05) is 64.1 Å². The molecule has 0 saturated heterocycles. The molecule has 2 N–H and O–H groups in total. The average molecular weight is 562 g/mol. The van der Waals surface area contributed by atoms with Crippen molar-refractivity contribution in [1.29, 1.82) is 0 Å². The minimum atomic E-state index is 0.0889. The van der Waals surface area contributed by atoms with E-state index in [1.54, 1.807) is 0 Å². The van der Waals surface area contributed by atoms with Gasteiger partial charge >= 0.3 is 0 Å². The van der Waals surface area contributed by atoms with E-state index in [0.717, 1.165) is 12.3 Å². The molecule has 0 aromatic heterocycles. The number of ether oxygens (including phenoxy) is 1. The molecule has 0 bridgehead atoms. The molecule has 224 valence electrons. The van der Waals surface area contributed by atoms with Gasteiger partial charge < -0.3 is 25.0 Å². The Balaban J connectivity index is 0.00000108. The number of carbonyl (C=O) groups excluding carboxylic acids is 1. The molecule has 0 atom stereocenters. The molecule has 0 unspecified atom stereocenters. The minimum Gasteiger partial charge on any atom is -0.494 e. The van der Waals surface area contributed by atoms with E-state index < -0.39 is 0 Å². The van der Waals surface area contributed by atoms with Crippen LogP contribution in [0.25, 0.3) is 0 Å². The smallest absolute Gasteiger partial charge is 0.220 e. The first-order valence-electron chi connectivity index (χ1n) is 14.7. The first kappa shape index (κ1) is 33.7. The fourth-order valence-corrected chi connectivity index (χ4v) is 4.09. The summed E-state index contributed by atoms with van der Waals surface area (Å²) in [6, 6.07) is 25.9. The SMILES string of the molecule is CC(C)CNC(=O)CCCOc1ccc(C(c2ccc(N(C)C)cc2)c2ccc(N(C)C)cc2)cc1.CC(C)CO. The summed E-state index contributed by atoms with van der Waals surface area (Å²) in [5.74, 6) is 1.94. The molecule has 41 heavy (non-hydrogen) atoms. The van der Waals surface area contributed by atoms with Gasteiger partial charge in [0.1, 0.15) is 5.75 Å². The van der Waals surface area contributed by atoms with E-state index in [-0.39, 0.29) is 11.8 Å². The predicted molar refractivity (Wildman–Crippen MR) is 173 cm³/mol. The van der Waals surface area contributed by atoms with Crippen molar-refractivity contribution >= 4 is 17.3 Å². The molecule has 0 heterocycles. The van der Waals surface area contributed by atoms with Crippen LogP contribution in [0, 0.1) is 11.8 Å². The summed E-state index contributed by atoms with van der Waals surface area (Å²) in [6.07, 6.45) is 1.18. The Bertz CT molecular complexity index is 1090. The molecule has 0 aliphatic carbocycles. The highest BCUT2D eigenvalue weighted by molar-refractivity contribution is 5.75. The summed E-state index contributed by atoms with van der Waals surface area (Å²) in [5, 5.41) is 11.1. The van der Waals surface area contributed by atoms with E-state index in [1.165, 1.54) is 28.1 Å². The van der Waals surface area contributed by atoms with Crippen molar-refractivity contribution in [3.05, 3.63) is 89.5 Å². The van der Waals surface area contributed by atoms with Crippen LogP contribution >= 0.6 is 0 Å². The molecule has 6 heteroatoms. The molecule has 3 aromatic rings. The van der Waals surface area contributed by atoms with Gasteiger partial charge in [0.15, 0.2) is 0 Å². The van der Waals surface area contributed by atoms with Gasteiger partial charge in [-0.25, -0.2) is 0 Å². The number of rotatable bonds is 13. The van der Waals surface area contributed by atoms with Crippen LogP contribution in [0.1, 0.15) is 63.1 Å². The second kappa shape index (κ2) is 17.3. The quantitative estimate of drug-likeness (QED) is 0.183. The Kier molecular flexibility index (Phi) is 14.2. The predicted octanol–water partition coefficient (Wildman–Crippen LogP) is 6.56. The summed E-state index contributed by atoms with van der Waals surface area (Å²) in [4.78, 5) is 16.1. The Morgan fingerprint density at radius 1 is 0.732 bits per heavy atom. The second-order valence-corrected chi connectivity index (χ2v) is 11.7. The molecular formula is C35H51N3O3. The zero-order chi connectivity index (χ0) is 30.4. The van der Waals surface area contributed by atoms with Crippen molar-refractivity contribution < 1.29 is 14.6 Å². The highest BCUT2D eigenvalue weighted by atomic mass is 16.5. The molecule has 0 fully saturated rings. The summed E-state index contributed by atoms with van der Waals surface area (Å²) < 4.78 is 5.92. The van der Waals surface area contributed by atoms with Gasteiger partial charge in [-0.2, -0.15) is 0 Å². The first-order chi connectivity index (χ1) is 19.5. The number of carbonyl (C=O) groups is 1. The fraction of sp³-hybridized carbons (Fsp3) is 0.457. The third kappa shape index (κ3) is 11.9. The molecule has 0 aliphatic rings. The molecule has 0 saturated carbocycles. The van der Waals surface area contributed by atoms with Crippen molar-refractivity contribution in [2.24, 2.45) is 11.8 Å². The van der Waals surface area contributed by atoms with E-state index in [4.69, 9.17) is 9.84 Å². The normalized spacial score (nSPS) is 10.8. The van der Waals surface area contributed by atoms with Gasteiger partial charge in [-0.15, -0.1) is 0 Å². The molecule has 3 aromatic carbocycles. The lowest BCUT2D eigenvalue weighted by Gasteiger charge is -2.22. The van der Waals surface area contributed by atoms with Gasteiger partial charge in [0.25, 0.3) is 0 Å². The van der Waals surface area contributed by atoms with Crippen LogP contribution in [0.4, 0.5) is 11.4 Å². The van der Waals surface area contributed by atoms with Gasteiger partial charge in [-0.05, 0) is 71.3 Å². The van der Waals surface area contributed by atoms with E-state index in [1.807, 2.05) is 26.0 Å². The number of aliphatic hydroxyl groups excluding tert-OH is 1. The third-order valence-corrected chi connectivity index (χ3v) is 6.59. The zero-order valence-corrected chi connectivity index (χ0v) is 26.4. The number of benzene rings is 3. The third-order valence-electron chi connectivity index (χ3n) is 6.59. The maximum absolute atomic E-state index is 11.9. The number of hydrogen-bond acceptors (Lipinski definition) is 5. The number of anilines is 2. The highest BCUT2D eigenvalue weighted by Crippen LogP contribution is 2.34. The summed E-state index contributed by atoms with van der Waals surface area (Å²) in [7, 11) is 8.24. The fourth-order valence-electron chi connectivity index (χ4n) is 4.09. The average Bonchev–Trinajstić information content (AvgIpc) is 2.96. The Morgan fingerprint density at radius 2 is 1.15 bits per heavy atom. The monoisotopic (exact) mass is 561 g/mol. The second-order valence-electron chi connectivity index (χ2n) is 11.7. The summed E-state index contributed by atoms with van der Waals surface area (Å²) in [5.41, 5.74) is 6.08. The van der Waals surface area contributed by atoms with Crippen LogP contribution in [0.3, 0.4) is 0 Å². The number of hydrogen-bond donors (Lipinski definition) is 2. The van der Waals surface area contributed by atoms with Gasteiger partial charge in [0, 0.05) is 65.1 Å². The van der Waals surface area contributed by atoms with Gasteiger partial charge in [0.2, 0.25) is 5.91 Å². The van der Waals surface area contributed by atoms with E-state index in [9.17, 15) is 4.79 Å². The lowest BCUT2D eigenvalue weighted by atomic mass is 9.85. The van der Waals surface area contributed by atoms with Crippen LogP contribution in [0.2, 0.25) is 0 Å². The first-order valence-corrected chi connectivity index (χ1v) is 14.7. The topological polar surface area (TPSA) is 65.0 Å². The van der Waals surface area contributed by atoms with Gasteiger partial charge in [0.05, 0.1) is 6.61 Å². The molecule has 3 rings (SSSR count).